The Balaban J connectivity index is 2.30. The maximum atomic E-state index is 13.4. The first-order valence-corrected chi connectivity index (χ1v) is 6.00. The van der Waals surface area contributed by atoms with Gasteiger partial charge in [0.15, 0.2) is 16.3 Å². The normalized spacial score (nSPS) is 10.8. The van der Waals surface area contributed by atoms with E-state index in [0.29, 0.717) is 4.77 Å². The van der Waals surface area contributed by atoms with Gasteiger partial charge < -0.3 is 9.72 Å². The van der Waals surface area contributed by atoms with E-state index in [0.717, 1.165) is 16.7 Å². The lowest BCUT2D eigenvalue weighted by atomic mass is 10.2. The number of methoxy groups -OCH3 is 1. The minimum absolute atomic E-state index is 0.183. The summed E-state index contributed by atoms with van der Waals surface area (Å²) in [5.74, 6) is -0.220. The number of aromatic amines is 1. The van der Waals surface area contributed by atoms with E-state index < -0.39 is 5.82 Å². The van der Waals surface area contributed by atoms with Gasteiger partial charge in [-0.3, -0.25) is 9.55 Å². The molecule has 96 valence electrons. The lowest BCUT2D eigenvalue weighted by Gasteiger charge is -2.07. The second kappa shape index (κ2) is 4.47. The van der Waals surface area contributed by atoms with Gasteiger partial charge in [-0.2, -0.15) is 0 Å². The van der Waals surface area contributed by atoms with E-state index in [9.17, 15) is 4.39 Å². The molecule has 0 aliphatic carbocycles. The van der Waals surface area contributed by atoms with Crippen LogP contribution in [0.2, 0.25) is 0 Å². The molecule has 0 aliphatic heterocycles. The molecule has 2 aromatic heterocycles. The van der Waals surface area contributed by atoms with Crippen molar-refractivity contribution >= 4 is 23.3 Å². The summed E-state index contributed by atoms with van der Waals surface area (Å²) in [5, 5.41) is 0. The van der Waals surface area contributed by atoms with E-state index in [-0.39, 0.29) is 5.75 Å². The summed E-state index contributed by atoms with van der Waals surface area (Å²) in [6.07, 6.45) is 3.38. The fourth-order valence-electron chi connectivity index (χ4n) is 2.00. The lowest BCUT2D eigenvalue weighted by Crippen LogP contribution is -1.96. The summed E-state index contributed by atoms with van der Waals surface area (Å²) in [4.78, 5) is 7.09. The van der Waals surface area contributed by atoms with Gasteiger partial charge in [0.1, 0.15) is 0 Å². The van der Waals surface area contributed by atoms with Crippen LogP contribution in [0.1, 0.15) is 0 Å². The topological polar surface area (TPSA) is 42.8 Å². The van der Waals surface area contributed by atoms with E-state index in [1.54, 1.807) is 24.5 Å². The van der Waals surface area contributed by atoms with Crippen LogP contribution in [0.3, 0.4) is 0 Å². The van der Waals surface area contributed by atoms with Crippen molar-refractivity contribution in [1.82, 2.24) is 14.5 Å². The van der Waals surface area contributed by atoms with Crippen molar-refractivity contribution in [2.24, 2.45) is 0 Å². The van der Waals surface area contributed by atoms with Crippen molar-refractivity contribution in [3.63, 3.8) is 0 Å². The van der Waals surface area contributed by atoms with E-state index in [1.165, 1.54) is 13.2 Å². The van der Waals surface area contributed by atoms with Crippen molar-refractivity contribution in [1.29, 1.82) is 0 Å². The van der Waals surface area contributed by atoms with Crippen molar-refractivity contribution < 1.29 is 9.13 Å². The zero-order chi connectivity index (χ0) is 13.4. The molecule has 0 amide bonds. The second-order valence-electron chi connectivity index (χ2n) is 3.98. The molecule has 1 N–H and O–H groups in total. The highest BCUT2D eigenvalue weighted by molar-refractivity contribution is 7.71. The summed E-state index contributed by atoms with van der Waals surface area (Å²) in [7, 11) is 1.43. The van der Waals surface area contributed by atoms with Crippen LogP contribution in [-0.2, 0) is 0 Å². The van der Waals surface area contributed by atoms with Gasteiger partial charge in [-0.15, -0.1) is 0 Å². The van der Waals surface area contributed by atoms with Gasteiger partial charge in [-0.05, 0) is 30.4 Å². The molecule has 2 heterocycles. The molecular formula is C13H10FN3OS. The van der Waals surface area contributed by atoms with Crippen LogP contribution in [0.15, 0.2) is 36.7 Å². The maximum Gasteiger partial charge on any atom is 0.182 e. The molecule has 6 heteroatoms. The average molecular weight is 275 g/mol. The second-order valence-corrected chi connectivity index (χ2v) is 4.36. The Hall–Kier alpha value is -2.21. The molecule has 0 aliphatic rings. The Bertz CT molecular complexity index is 809. The number of aromatic nitrogens is 3. The Morgan fingerprint density at radius 1 is 1.37 bits per heavy atom. The molecule has 0 saturated heterocycles. The van der Waals surface area contributed by atoms with Crippen molar-refractivity contribution in [3.05, 3.63) is 47.2 Å². The number of benzene rings is 1. The third-order valence-corrected chi connectivity index (χ3v) is 3.16. The number of hydrogen-bond acceptors (Lipinski definition) is 3. The smallest absolute Gasteiger partial charge is 0.182 e. The molecule has 4 nitrogen and oxygen atoms in total. The van der Waals surface area contributed by atoms with Crippen LogP contribution >= 0.6 is 12.2 Å². The average Bonchev–Trinajstić information content (AvgIpc) is 2.75. The molecule has 3 aromatic rings. The first kappa shape index (κ1) is 11.9. The maximum absolute atomic E-state index is 13.4. The van der Waals surface area contributed by atoms with Crippen LogP contribution in [0, 0.1) is 10.6 Å². The Morgan fingerprint density at radius 3 is 3.00 bits per heavy atom. The number of imidazole rings is 1. The summed E-state index contributed by atoms with van der Waals surface area (Å²) in [6.45, 7) is 0. The highest BCUT2D eigenvalue weighted by Gasteiger charge is 2.09. The lowest BCUT2D eigenvalue weighted by molar-refractivity contribution is 0.386. The van der Waals surface area contributed by atoms with Crippen LogP contribution < -0.4 is 4.74 Å². The third kappa shape index (κ3) is 1.90. The van der Waals surface area contributed by atoms with Gasteiger partial charge in [0.2, 0.25) is 0 Å². The number of halogens is 1. The van der Waals surface area contributed by atoms with Crippen LogP contribution in [0.5, 0.6) is 5.75 Å². The van der Waals surface area contributed by atoms with Crippen molar-refractivity contribution in [2.45, 2.75) is 0 Å². The Labute approximate surface area is 113 Å². The number of fused-ring (bicyclic) bond motifs is 1. The monoisotopic (exact) mass is 275 g/mol. The minimum atomic E-state index is -0.403. The van der Waals surface area contributed by atoms with Gasteiger partial charge in [0.25, 0.3) is 0 Å². The fraction of sp³-hybridized carbons (Fsp3) is 0.0769. The number of nitrogens with one attached hydrogen (secondary N) is 1. The molecule has 0 fully saturated rings. The number of ether oxygens (including phenoxy) is 1. The van der Waals surface area contributed by atoms with Gasteiger partial charge in [-0.1, -0.05) is 0 Å². The quantitative estimate of drug-likeness (QED) is 0.730. The SMILES string of the molecule is COc1cc(-n2c(=S)[nH]c3cnccc32)ccc1F. The molecule has 0 atom stereocenters. The highest BCUT2D eigenvalue weighted by atomic mass is 32.1. The predicted molar refractivity (Wildman–Crippen MR) is 72.8 cm³/mol. The predicted octanol–water partition coefficient (Wildman–Crippen LogP) is 3.23. The number of pyridine rings is 1. The molecule has 0 unspecified atom stereocenters. The summed E-state index contributed by atoms with van der Waals surface area (Å²) >= 11 is 5.29. The molecule has 0 saturated carbocycles. The third-order valence-electron chi connectivity index (χ3n) is 2.88. The molecule has 19 heavy (non-hydrogen) atoms. The van der Waals surface area contributed by atoms with Gasteiger partial charge in [0, 0.05) is 12.3 Å². The van der Waals surface area contributed by atoms with Gasteiger partial charge in [-0.25, -0.2) is 4.39 Å². The highest BCUT2D eigenvalue weighted by Crippen LogP contribution is 2.24. The Kier molecular flexibility index (Phi) is 2.79. The first-order valence-electron chi connectivity index (χ1n) is 5.59. The van der Waals surface area contributed by atoms with Crippen LogP contribution in [0.4, 0.5) is 4.39 Å². The number of H-pyrrole nitrogens is 1. The zero-order valence-electron chi connectivity index (χ0n) is 10.1. The number of nitrogens with zero attached hydrogens (tertiary/aromatic N) is 2. The largest absolute Gasteiger partial charge is 0.494 e. The van der Waals surface area contributed by atoms with Gasteiger partial charge in [0.05, 0.1) is 30.0 Å². The molecule has 0 bridgehead atoms. The van der Waals surface area contributed by atoms with E-state index in [1.807, 2.05) is 10.6 Å². The van der Waals surface area contributed by atoms with Crippen molar-refractivity contribution in [3.8, 4) is 11.4 Å². The van der Waals surface area contributed by atoms with E-state index >= 15 is 0 Å². The minimum Gasteiger partial charge on any atom is -0.494 e. The summed E-state index contributed by atoms with van der Waals surface area (Å²) in [6, 6.07) is 6.47. The first-order chi connectivity index (χ1) is 9.20. The standard InChI is InChI=1S/C13H10FN3OS/c1-18-12-6-8(2-3-9(12)14)17-11-4-5-15-7-10(11)16-13(17)19/h2-7H,1H3,(H,16,19). The van der Waals surface area contributed by atoms with Crippen molar-refractivity contribution in [2.75, 3.05) is 7.11 Å². The zero-order valence-corrected chi connectivity index (χ0v) is 10.9. The van der Waals surface area contributed by atoms with Gasteiger partial charge >= 0.3 is 0 Å². The molecular weight excluding hydrogens is 265 g/mol. The molecule has 0 spiro atoms. The van der Waals surface area contributed by atoms with Crippen LogP contribution in [-0.4, -0.2) is 21.6 Å². The van der Waals surface area contributed by atoms with E-state index in [4.69, 9.17) is 17.0 Å². The van der Waals surface area contributed by atoms with E-state index in [2.05, 4.69) is 9.97 Å². The number of hydrogen-bond donors (Lipinski definition) is 1. The Morgan fingerprint density at radius 2 is 2.21 bits per heavy atom. The summed E-state index contributed by atoms with van der Waals surface area (Å²) < 4.78 is 20.8. The molecule has 0 radical (unpaired) electrons. The molecule has 3 rings (SSSR count). The summed E-state index contributed by atoms with van der Waals surface area (Å²) in [5.41, 5.74) is 2.45. The number of rotatable bonds is 2. The fourth-order valence-corrected chi connectivity index (χ4v) is 2.32. The molecule has 1 aromatic carbocycles. The van der Waals surface area contributed by atoms with Crippen LogP contribution in [0.25, 0.3) is 16.7 Å².